The Hall–Kier alpha value is -2.14. The lowest BCUT2D eigenvalue weighted by Gasteiger charge is -2.53. The van der Waals surface area contributed by atoms with Gasteiger partial charge in [0.25, 0.3) is 0 Å². The second-order valence-electron chi connectivity index (χ2n) is 7.70. The lowest BCUT2D eigenvalue weighted by molar-refractivity contribution is -0.183. The summed E-state index contributed by atoms with van der Waals surface area (Å²) in [6.07, 6.45) is 2.86. The molecule has 5 nitrogen and oxygen atoms in total. The van der Waals surface area contributed by atoms with Crippen LogP contribution in [0.1, 0.15) is 42.0 Å². The van der Waals surface area contributed by atoms with E-state index in [4.69, 9.17) is 9.47 Å². The number of carbonyl (C=O) groups is 1. The van der Waals surface area contributed by atoms with Gasteiger partial charge in [-0.25, -0.2) is 9.78 Å². The molecule has 0 unspecified atom stereocenters. The highest BCUT2D eigenvalue weighted by Crippen LogP contribution is 2.53. The fraction of sp³-hybridized carbons (Fsp3) is 0.500. The van der Waals surface area contributed by atoms with Crippen LogP contribution in [-0.2, 0) is 9.47 Å². The van der Waals surface area contributed by atoms with Gasteiger partial charge >= 0.3 is 5.97 Å². The molecule has 25 heavy (non-hydrogen) atoms. The summed E-state index contributed by atoms with van der Waals surface area (Å²) in [6, 6.07) is 7.65. The monoisotopic (exact) mass is 340 g/mol. The van der Waals surface area contributed by atoms with Gasteiger partial charge in [-0.2, -0.15) is 0 Å². The van der Waals surface area contributed by atoms with Crippen molar-refractivity contribution in [3.63, 3.8) is 0 Å². The van der Waals surface area contributed by atoms with E-state index >= 15 is 0 Å². The minimum atomic E-state index is -0.251. The Kier molecular flexibility index (Phi) is 3.72. The number of aryl methyl sites for hydroxylation is 1. The van der Waals surface area contributed by atoms with E-state index in [2.05, 4.69) is 18.8 Å². The minimum Gasteiger partial charge on any atom is -0.458 e. The predicted octanol–water partition coefficient (Wildman–Crippen LogP) is 3.46. The number of rotatable bonds is 3. The smallest absolute Gasteiger partial charge is 0.340 e. The molecule has 1 aliphatic carbocycles. The number of pyridine rings is 1. The van der Waals surface area contributed by atoms with Crippen molar-refractivity contribution in [2.75, 3.05) is 6.61 Å². The molecule has 1 aliphatic heterocycles. The van der Waals surface area contributed by atoms with Crippen molar-refractivity contribution < 1.29 is 14.3 Å². The molecule has 0 aromatic carbocycles. The van der Waals surface area contributed by atoms with Crippen LogP contribution in [0.15, 0.2) is 30.5 Å². The molecule has 2 aromatic heterocycles. The summed E-state index contributed by atoms with van der Waals surface area (Å²) in [5.41, 5.74) is 2.32. The standard InChI is InChI=1S/C20H24N2O3/c1-12-11-15(13(2)22(12)16-7-5-6-9-21-16)19(23)25-18-14-8-10-24-17(14)20(18,3)4/h5-7,9,11,14,17-18H,8,10H2,1-4H3/t14-,17-,18-/m1/s1. The molecule has 4 rings (SSSR count). The van der Waals surface area contributed by atoms with Crippen LogP contribution in [-0.4, -0.2) is 34.3 Å². The normalized spacial score (nSPS) is 26.8. The van der Waals surface area contributed by atoms with E-state index in [1.54, 1.807) is 6.20 Å². The van der Waals surface area contributed by atoms with Crippen molar-refractivity contribution in [3.05, 3.63) is 47.4 Å². The molecule has 2 fully saturated rings. The number of aromatic nitrogens is 2. The van der Waals surface area contributed by atoms with Crippen molar-refractivity contribution in [1.82, 2.24) is 9.55 Å². The van der Waals surface area contributed by atoms with Crippen LogP contribution < -0.4 is 0 Å². The van der Waals surface area contributed by atoms with Crippen LogP contribution in [0, 0.1) is 25.2 Å². The maximum atomic E-state index is 12.8. The minimum absolute atomic E-state index is 0.0783. The van der Waals surface area contributed by atoms with Crippen LogP contribution in [0.4, 0.5) is 0 Å². The van der Waals surface area contributed by atoms with E-state index in [0.29, 0.717) is 11.5 Å². The Bertz CT molecular complexity index is 810. The zero-order valence-electron chi connectivity index (χ0n) is 15.2. The summed E-state index contributed by atoms with van der Waals surface area (Å²) in [4.78, 5) is 17.2. The highest BCUT2D eigenvalue weighted by atomic mass is 16.6. The van der Waals surface area contributed by atoms with E-state index in [-0.39, 0.29) is 23.6 Å². The Morgan fingerprint density at radius 3 is 2.88 bits per heavy atom. The summed E-state index contributed by atoms with van der Waals surface area (Å²) in [5.74, 6) is 0.890. The van der Waals surface area contributed by atoms with Crippen LogP contribution in [0.25, 0.3) is 5.82 Å². The van der Waals surface area contributed by atoms with Gasteiger partial charge in [-0.15, -0.1) is 0 Å². The Balaban J connectivity index is 1.60. The lowest BCUT2D eigenvalue weighted by Crippen LogP contribution is -2.61. The number of ether oxygens (including phenoxy) is 2. The second kappa shape index (κ2) is 5.70. The Morgan fingerprint density at radius 2 is 2.16 bits per heavy atom. The molecule has 0 spiro atoms. The van der Waals surface area contributed by atoms with Gasteiger partial charge in [-0.3, -0.25) is 0 Å². The number of hydrogen-bond donors (Lipinski definition) is 0. The molecular weight excluding hydrogens is 316 g/mol. The molecule has 2 aliphatic rings. The van der Waals surface area contributed by atoms with Crippen molar-refractivity contribution in [3.8, 4) is 5.82 Å². The molecule has 0 N–H and O–H groups in total. The zero-order valence-corrected chi connectivity index (χ0v) is 15.2. The SMILES string of the molecule is Cc1cc(C(=O)O[C@@H]2[C@@H]3CCO[C@H]3C2(C)C)c(C)n1-c1ccccn1. The highest BCUT2D eigenvalue weighted by Gasteiger charge is 2.61. The van der Waals surface area contributed by atoms with Crippen LogP contribution in [0.5, 0.6) is 0 Å². The van der Waals surface area contributed by atoms with Crippen molar-refractivity contribution in [2.45, 2.75) is 46.3 Å². The topological polar surface area (TPSA) is 53.4 Å². The molecular formula is C20H24N2O3. The Morgan fingerprint density at radius 1 is 1.36 bits per heavy atom. The lowest BCUT2D eigenvalue weighted by atomic mass is 9.59. The van der Waals surface area contributed by atoms with Gasteiger partial charge in [0.1, 0.15) is 11.9 Å². The second-order valence-corrected chi connectivity index (χ2v) is 7.70. The predicted molar refractivity (Wildman–Crippen MR) is 93.9 cm³/mol. The fourth-order valence-corrected chi connectivity index (χ4v) is 4.50. The van der Waals surface area contributed by atoms with E-state index in [1.165, 1.54) is 0 Å². The molecule has 5 heteroatoms. The van der Waals surface area contributed by atoms with E-state index < -0.39 is 0 Å². The molecule has 3 atom stereocenters. The summed E-state index contributed by atoms with van der Waals surface area (Å²) in [6.45, 7) is 8.92. The van der Waals surface area contributed by atoms with Crippen LogP contribution in [0.3, 0.4) is 0 Å². The van der Waals surface area contributed by atoms with Crippen LogP contribution >= 0.6 is 0 Å². The average Bonchev–Trinajstić information content (AvgIpc) is 3.16. The fourth-order valence-electron chi connectivity index (χ4n) is 4.50. The maximum Gasteiger partial charge on any atom is 0.340 e. The average molecular weight is 340 g/mol. The Labute approximate surface area is 148 Å². The first kappa shape index (κ1) is 16.3. The van der Waals surface area contributed by atoms with Gasteiger partial charge in [-0.1, -0.05) is 19.9 Å². The van der Waals surface area contributed by atoms with Gasteiger partial charge < -0.3 is 14.0 Å². The first-order chi connectivity index (χ1) is 11.9. The number of hydrogen-bond acceptors (Lipinski definition) is 4. The molecule has 132 valence electrons. The highest BCUT2D eigenvalue weighted by molar-refractivity contribution is 5.91. The number of esters is 1. The van der Waals surface area contributed by atoms with Crippen LogP contribution in [0.2, 0.25) is 0 Å². The summed E-state index contributed by atoms with van der Waals surface area (Å²) >= 11 is 0. The molecule has 2 aromatic rings. The van der Waals surface area contributed by atoms with Gasteiger partial charge in [0.15, 0.2) is 0 Å². The van der Waals surface area contributed by atoms with Crippen molar-refractivity contribution in [2.24, 2.45) is 11.3 Å². The molecule has 1 saturated carbocycles. The van der Waals surface area contributed by atoms with E-state index in [9.17, 15) is 4.79 Å². The van der Waals surface area contributed by atoms with Gasteiger partial charge in [0.05, 0.1) is 11.7 Å². The van der Waals surface area contributed by atoms with Crippen molar-refractivity contribution >= 4 is 5.97 Å². The van der Waals surface area contributed by atoms with E-state index in [0.717, 1.165) is 30.2 Å². The van der Waals surface area contributed by atoms with Crippen molar-refractivity contribution in [1.29, 1.82) is 0 Å². The number of carbonyl (C=O) groups excluding carboxylic acids is 1. The molecule has 3 heterocycles. The molecule has 0 radical (unpaired) electrons. The largest absolute Gasteiger partial charge is 0.458 e. The van der Waals surface area contributed by atoms with Gasteiger partial charge in [-0.05, 0) is 38.5 Å². The quantitative estimate of drug-likeness (QED) is 0.803. The molecule has 0 bridgehead atoms. The first-order valence-electron chi connectivity index (χ1n) is 8.84. The maximum absolute atomic E-state index is 12.8. The zero-order chi connectivity index (χ0) is 17.8. The third-order valence-corrected chi connectivity index (χ3v) is 5.76. The first-order valence-corrected chi connectivity index (χ1v) is 8.84. The number of fused-ring (bicyclic) bond motifs is 1. The molecule has 1 saturated heterocycles. The number of nitrogens with zero attached hydrogens (tertiary/aromatic N) is 2. The summed E-state index contributed by atoms with van der Waals surface area (Å²) in [7, 11) is 0. The van der Waals surface area contributed by atoms with Gasteiger partial charge in [0, 0.05) is 35.5 Å². The van der Waals surface area contributed by atoms with Gasteiger partial charge in [0.2, 0.25) is 0 Å². The molecule has 0 amide bonds. The summed E-state index contributed by atoms with van der Waals surface area (Å²) in [5, 5.41) is 0. The third-order valence-electron chi connectivity index (χ3n) is 5.76. The third kappa shape index (κ3) is 2.41. The van der Waals surface area contributed by atoms with E-state index in [1.807, 2.05) is 42.7 Å². The summed E-state index contributed by atoms with van der Waals surface area (Å²) < 4.78 is 13.7.